The van der Waals surface area contributed by atoms with E-state index in [1.54, 1.807) is 11.3 Å². The van der Waals surface area contributed by atoms with Crippen molar-refractivity contribution >= 4 is 39.2 Å². The second-order valence-electron chi connectivity index (χ2n) is 3.45. The van der Waals surface area contributed by atoms with Crippen LogP contribution in [-0.4, -0.2) is 12.7 Å². The van der Waals surface area contributed by atoms with Crippen LogP contribution in [0.15, 0.2) is 42.5 Å². The molecule has 2 nitrogen and oxygen atoms in total. The fraction of sp³-hybridized carbons (Fsp3) is 0. The van der Waals surface area contributed by atoms with Gasteiger partial charge >= 0.3 is 7.69 Å². The van der Waals surface area contributed by atoms with Crippen molar-refractivity contribution in [1.29, 1.82) is 0 Å². The van der Waals surface area contributed by atoms with E-state index in [9.17, 15) is 0 Å². The van der Waals surface area contributed by atoms with Gasteiger partial charge in [0.1, 0.15) is 5.75 Å². The highest BCUT2D eigenvalue weighted by Gasteiger charge is 2.08. The lowest BCUT2D eigenvalue weighted by Crippen LogP contribution is -1.99. The zero-order valence-electron chi connectivity index (χ0n) is 8.38. The Bertz CT molecular complexity index is 648. The van der Waals surface area contributed by atoms with Gasteiger partial charge in [0.15, 0.2) is 0 Å². The first-order valence-corrected chi connectivity index (χ1v) is 5.74. The van der Waals surface area contributed by atoms with Crippen molar-refractivity contribution in [2.24, 2.45) is 0 Å². The Kier molecular flexibility index (Phi) is 2.31. The molecule has 0 fully saturated rings. The van der Waals surface area contributed by atoms with Crippen LogP contribution in [0, 0.1) is 0 Å². The van der Waals surface area contributed by atoms with Gasteiger partial charge in [-0.3, -0.25) is 0 Å². The third-order valence-electron chi connectivity index (χ3n) is 2.55. The number of fused-ring (bicyclic) bond motifs is 3. The lowest BCUT2D eigenvalue weighted by Gasteiger charge is -2.01. The fourth-order valence-electron chi connectivity index (χ4n) is 1.87. The van der Waals surface area contributed by atoms with E-state index in [1.807, 2.05) is 24.3 Å². The highest BCUT2D eigenvalue weighted by atomic mass is 32.1. The monoisotopic (exact) mass is 227 g/mol. The summed E-state index contributed by atoms with van der Waals surface area (Å²) in [5, 5.41) is 11.1. The van der Waals surface area contributed by atoms with Crippen LogP contribution in [0.25, 0.3) is 20.2 Å². The minimum absolute atomic E-state index is 0.696. The summed E-state index contributed by atoms with van der Waals surface area (Å²) in [4.78, 5) is 0. The molecule has 3 rings (SSSR count). The van der Waals surface area contributed by atoms with Gasteiger partial charge in [-0.2, -0.15) is 0 Å². The molecule has 1 heterocycles. The molecule has 0 aliphatic carbocycles. The molecular weight excluding hydrogens is 219 g/mol. The summed E-state index contributed by atoms with van der Waals surface area (Å²) < 4.78 is 7.38. The molecule has 1 N–H and O–H groups in total. The molecule has 0 unspecified atom stereocenters. The molecule has 3 aromatic rings. The summed E-state index contributed by atoms with van der Waals surface area (Å²) in [6.07, 6.45) is 0. The van der Waals surface area contributed by atoms with Crippen LogP contribution in [0.4, 0.5) is 0 Å². The Balaban J connectivity index is 2.39. The molecule has 0 spiro atoms. The summed E-state index contributed by atoms with van der Waals surface area (Å²) in [5.74, 6) is 0.696. The van der Waals surface area contributed by atoms with Gasteiger partial charge in [-0.1, -0.05) is 30.3 Å². The number of hydrogen-bond donors (Lipinski definition) is 1. The lowest BCUT2D eigenvalue weighted by molar-refractivity contribution is 0.457. The third-order valence-corrected chi connectivity index (χ3v) is 3.75. The standard InChI is InChI=1S/C12H8BO2S/c14-13-15-10-6-3-5-9-8-4-1-2-7-11(8)16-12(9)10/h1-7,14H. The topological polar surface area (TPSA) is 29.5 Å². The highest BCUT2D eigenvalue weighted by Crippen LogP contribution is 2.38. The molecule has 0 atom stereocenters. The summed E-state index contributed by atoms with van der Waals surface area (Å²) in [6.45, 7) is 0. The van der Waals surface area contributed by atoms with Gasteiger partial charge in [0, 0.05) is 15.5 Å². The minimum Gasteiger partial charge on any atom is -0.536 e. The van der Waals surface area contributed by atoms with Crippen molar-refractivity contribution in [3.63, 3.8) is 0 Å². The molecule has 2 aromatic carbocycles. The first-order chi connectivity index (χ1) is 7.90. The van der Waals surface area contributed by atoms with Gasteiger partial charge in [0.25, 0.3) is 0 Å². The molecule has 77 valence electrons. The lowest BCUT2D eigenvalue weighted by atomic mass is 10.1. The van der Waals surface area contributed by atoms with Crippen molar-refractivity contribution < 1.29 is 9.68 Å². The molecule has 4 heteroatoms. The van der Waals surface area contributed by atoms with Gasteiger partial charge < -0.3 is 9.68 Å². The van der Waals surface area contributed by atoms with Gasteiger partial charge in [0.05, 0.1) is 4.70 Å². The van der Waals surface area contributed by atoms with E-state index in [0.717, 1.165) is 12.4 Å². The van der Waals surface area contributed by atoms with Crippen LogP contribution < -0.4 is 4.65 Å². The predicted molar refractivity (Wildman–Crippen MR) is 67.9 cm³/mol. The maximum absolute atomic E-state index is 8.71. The molecule has 0 bridgehead atoms. The van der Waals surface area contributed by atoms with Gasteiger partial charge in [-0.15, -0.1) is 11.3 Å². The summed E-state index contributed by atoms with van der Waals surface area (Å²) in [7, 11) is 0.721. The summed E-state index contributed by atoms with van der Waals surface area (Å²) in [6, 6.07) is 14.1. The van der Waals surface area contributed by atoms with E-state index in [-0.39, 0.29) is 0 Å². The molecule has 1 radical (unpaired) electrons. The van der Waals surface area contributed by atoms with Crippen molar-refractivity contribution in [3.05, 3.63) is 42.5 Å². The van der Waals surface area contributed by atoms with Crippen LogP contribution in [0.2, 0.25) is 0 Å². The van der Waals surface area contributed by atoms with Crippen molar-refractivity contribution in [3.8, 4) is 5.75 Å². The first-order valence-electron chi connectivity index (χ1n) is 4.93. The van der Waals surface area contributed by atoms with Crippen LogP contribution >= 0.6 is 11.3 Å². The van der Waals surface area contributed by atoms with Gasteiger partial charge in [-0.25, -0.2) is 0 Å². The van der Waals surface area contributed by atoms with E-state index in [0.29, 0.717) is 5.75 Å². The second kappa shape index (κ2) is 3.81. The molecule has 0 saturated carbocycles. The largest absolute Gasteiger partial charge is 0.569 e. The number of rotatable bonds is 2. The van der Waals surface area contributed by atoms with Crippen molar-refractivity contribution in [2.45, 2.75) is 0 Å². The number of hydrogen-bond acceptors (Lipinski definition) is 3. The Labute approximate surface area is 97.4 Å². The maximum Gasteiger partial charge on any atom is 0.569 e. The van der Waals surface area contributed by atoms with Crippen molar-refractivity contribution in [2.75, 3.05) is 0 Å². The third kappa shape index (κ3) is 1.38. The minimum atomic E-state index is 0.696. The molecule has 0 amide bonds. The van der Waals surface area contributed by atoms with E-state index in [1.165, 1.54) is 15.5 Å². The molecule has 0 aliphatic heterocycles. The van der Waals surface area contributed by atoms with Crippen LogP contribution in [0.5, 0.6) is 5.75 Å². The Hall–Kier alpha value is -1.52. The molecule has 1 aromatic heterocycles. The average Bonchev–Trinajstić information content (AvgIpc) is 2.69. The van der Waals surface area contributed by atoms with E-state index in [4.69, 9.17) is 9.68 Å². The van der Waals surface area contributed by atoms with Gasteiger partial charge in [-0.05, 0) is 12.1 Å². The summed E-state index contributed by atoms with van der Waals surface area (Å²) >= 11 is 1.67. The quantitative estimate of drug-likeness (QED) is 0.682. The number of benzene rings is 2. The SMILES string of the molecule is O[B]Oc1cccc2c1sc1ccccc12. The van der Waals surface area contributed by atoms with Crippen LogP contribution in [0.1, 0.15) is 0 Å². The number of thiophene rings is 1. The van der Waals surface area contributed by atoms with E-state index >= 15 is 0 Å². The van der Waals surface area contributed by atoms with Crippen LogP contribution in [0.3, 0.4) is 0 Å². The van der Waals surface area contributed by atoms with E-state index < -0.39 is 0 Å². The Morgan fingerprint density at radius 1 is 1.00 bits per heavy atom. The molecule has 0 aliphatic rings. The zero-order valence-corrected chi connectivity index (χ0v) is 9.20. The highest BCUT2D eigenvalue weighted by molar-refractivity contribution is 7.26. The molecule has 16 heavy (non-hydrogen) atoms. The smallest absolute Gasteiger partial charge is 0.536 e. The summed E-state index contributed by atoms with van der Waals surface area (Å²) in [5.41, 5.74) is 0. The molecular formula is C12H8BO2S. The predicted octanol–water partition coefficient (Wildman–Crippen LogP) is 2.96. The molecule has 0 saturated heterocycles. The normalized spacial score (nSPS) is 10.8. The maximum atomic E-state index is 8.71. The first kappa shape index (κ1) is 9.69. The Morgan fingerprint density at radius 2 is 1.81 bits per heavy atom. The van der Waals surface area contributed by atoms with Gasteiger partial charge in [0.2, 0.25) is 0 Å². The zero-order chi connectivity index (χ0) is 11.0. The van der Waals surface area contributed by atoms with E-state index in [2.05, 4.69) is 18.2 Å². The van der Waals surface area contributed by atoms with Crippen molar-refractivity contribution in [1.82, 2.24) is 0 Å². The Morgan fingerprint density at radius 3 is 2.69 bits per heavy atom. The fourth-order valence-corrected chi connectivity index (χ4v) is 3.03. The second-order valence-corrected chi connectivity index (χ2v) is 4.51. The van der Waals surface area contributed by atoms with Crippen LogP contribution in [-0.2, 0) is 0 Å². The average molecular weight is 227 g/mol.